The van der Waals surface area contributed by atoms with Crippen LogP contribution in [0.5, 0.6) is 0 Å². The van der Waals surface area contributed by atoms with Gasteiger partial charge in [-0.2, -0.15) is 0 Å². The normalized spacial score (nSPS) is 43.8. The highest BCUT2D eigenvalue weighted by molar-refractivity contribution is 5.00. The molecule has 0 saturated heterocycles. The second-order valence-electron chi connectivity index (χ2n) is 5.25. The standard InChI is InChI=1S/C12H22/c1-4-12(5-2)7-10-6-9(3)11(10)8-12/h9-11H,4-8H2,1-3H3. The summed E-state index contributed by atoms with van der Waals surface area (Å²) >= 11 is 0. The second kappa shape index (κ2) is 2.75. The van der Waals surface area contributed by atoms with Crippen molar-refractivity contribution in [1.82, 2.24) is 0 Å². The summed E-state index contributed by atoms with van der Waals surface area (Å²) in [4.78, 5) is 0. The quantitative estimate of drug-likeness (QED) is 0.584. The van der Waals surface area contributed by atoms with E-state index in [0.717, 1.165) is 23.2 Å². The molecule has 0 aromatic rings. The molecule has 2 saturated carbocycles. The minimum atomic E-state index is 0.764. The summed E-state index contributed by atoms with van der Waals surface area (Å²) < 4.78 is 0. The first-order chi connectivity index (χ1) is 5.71. The first-order valence-corrected chi connectivity index (χ1v) is 5.71. The topological polar surface area (TPSA) is 0 Å². The average Bonchev–Trinajstić information content (AvgIpc) is 2.39. The van der Waals surface area contributed by atoms with E-state index in [1.54, 1.807) is 12.8 Å². The van der Waals surface area contributed by atoms with Gasteiger partial charge in [0.05, 0.1) is 0 Å². The highest BCUT2D eigenvalue weighted by atomic mass is 14.6. The molecule has 0 heterocycles. The van der Waals surface area contributed by atoms with Gasteiger partial charge in [0.2, 0.25) is 0 Å². The summed E-state index contributed by atoms with van der Waals surface area (Å²) in [7, 11) is 0. The Hall–Kier alpha value is 0. The summed E-state index contributed by atoms with van der Waals surface area (Å²) in [6.45, 7) is 7.22. The molecule has 2 rings (SSSR count). The van der Waals surface area contributed by atoms with Crippen molar-refractivity contribution in [2.75, 3.05) is 0 Å². The Morgan fingerprint density at radius 3 is 2.25 bits per heavy atom. The molecule has 0 amide bonds. The lowest BCUT2D eigenvalue weighted by molar-refractivity contribution is 0.120. The lowest BCUT2D eigenvalue weighted by Gasteiger charge is -2.37. The summed E-state index contributed by atoms with van der Waals surface area (Å²) in [6.07, 6.45) is 7.47. The lowest BCUT2D eigenvalue weighted by Crippen LogP contribution is -2.29. The van der Waals surface area contributed by atoms with Gasteiger partial charge in [-0.15, -0.1) is 0 Å². The van der Waals surface area contributed by atoms with Crippen molar-refractivity contribution in [2.24, 2.45) is 23.2 Å². The van der Waals surface area contributed by atoms with Crippen LogP contribution in [0.15, 0.2) is 0 Å². The van der Waals surface area contributed by atoms with E-state index in [0.29, 0.717) is 0 Å². The first kappa shape index (κ1) is 8.59. The molecule has 0 aromatic carbocycles. The van der Waals surface area contributed by atoms with Crippen LogP contribution in [-0.4, -0.2) is 0 Å². The van der Waals surface area contributed by atoms with Gasteiger partial charge < -0.3 is 0 Å². The van der Waals surface area contributed by atoms with Gasteiger partial charge in [0.15, 0.2) is 0 Å². The highest BCUT2D eigenvalue weighted by Crippen LogP contribution is 2.60. The lowest BCUT2D eigenvalue weighted by atomic mass is 9.68. The third-order valence-corrected chi connectivity index (χ3v) is 4.87. The Morgan fingerprint density at radius 2 is 1.83 bits per heavy atom. The van der Waals surface area contributed by atoms with E-state index in [1.807, 2.05) is 0 Å². The Morgan fingerprint density at radius 1 is 1.17 bits per heavy atom. The van der Waals surface area contributed by atoms with E-state index in [2.05, 4.69) is 20.8 Å². The van der Waals surface area contributed by atoms with Gasteiger partial charge in [-0.25, -0.2) is 0 Å². The molecule has 0 spiro atoms. The maximum Gasteiger partial charge on any atom is -0.0297 e. The Labute approximate surface area is 76.7 Å². The van der Waals surface area contributed by atoms with Gasteiger partial charge in [-0.05, 0) is 42.4 Å². The maximum absolute atomic E-state index is 2.45. The van der Waals surface area contributed by atoms with Crippen LogP contribution in [0.3, 0.4) is 0 Å². The summed E-state index contributed by atoms with van der Waals surface area (Å²) in [6, 6.07) is 0. The molecule has 0 nitrogen and oxygen atoms in total. The molecule has 2 aliphatic rings. The number of hydrogen-bond donors (Lipinski definition) is 0. The minimum absolute atomic E-state index is 0.764. The number of hydrogen-bond acceptors (Lipinski definition) is 0. The SMILES string of the molecule is CCC1(CC)CC2CC(C)C2C1. The van der Waals surface area contributed by atoms with Crippen LogP contribution in [0.1, 0.15) is 52.9 Å². The van der Waals surface area contributed by atoms with Crippen LogP contribution in [0.4, 0.5) is 0 Å². The molecule has 0 aromatic heterocycles. The van der Waals surface area contributed by atoms with Gasteiger partial charge in [0.25, 0.3) is 0 Å². The molecule has 0 bridgehead atoms. The van der Waals surface area contributed by atoms with E-state index in [4.69, 9.17) is 0 Å². The second-order valence-corrected chi connectivity index (χ2v) is 5.25. The molecule has 2 aliphatic carbocycles. The zero-order chi connectivity index (χ0) is 8.77. The molecule has 70 valence electrons. The van der Waals surface area contributed by atoms with Crippen molar-refractivity contribution >= 4 is 0 Å². The summed E-state index contributed by atoms with van der Waals surface area (Å²) in [5, 5.41) is 0. The van der Waals surface area contributed by atoms with Crippen molar-refractivity contribution < 1.29 is 0 Å². The van der Waals surface area contributed by atoms with E-state index in [1.165, 1.54) is 19.3 Å². The van der Waals surface area contributed by atoms with Crippen LogP contribution < -0.4 is 0 Å². The maximum atomic E-state index is 2.45. The third-order valence-electron chi connectivity index (χ3n) is 4.87. The summed E-state index contributed by atoms with van der Waals surface area (Å²) in [5.74, 6) is 3.29. The Bertz CT molecular complexity index is 167. The van der Waals surface area contributed by atoms with Crippen LogP contribution in [0.2, 0.25) is 0 Å². The number of rotatable bonds is 2. The predicted octanol–water partition coefficient (Wildman–Crippen LogP) is 3.86. The molecule has 12 heavy (non-hydrogen) atoms. The molecule has 0 radical (unpaired) electrons. The molecule has 2 fully saturated rings. The van der Waals surface area contributed by atoms with Crippen LogP contribution in [0.25, 0.3) is 0 Å². The molecular weight excluding hydrogens is 144 g/mol. The fourth-order valence-electron chi connectivity index (χ4n) is 3.67. The van der Waals surface area contributed by atoms with Gasteiger partial charge >= 0.3 is 0 Å². The smallest absolute Gasteiger partial charge is 0.0297 e. The van der Waals surface area contributed by atoms with E-state index in [-0.39, 0.29) is 0 Å². The largest absolute Gasteiger partial charge is 0.0649 e. The van der Waals surface area contributed by atoms with Crippen LogP contribution >= 0.6 is 0 Å². The van der Waals surface area contributed by atoms with Crippen molar-refractivity contribution in [3.8, 4) is 0 Å². The average molecular weight is 166 g/mol. The van der Waals surface area contributed by atoms with Gasteiger partial charge in [0, 0.05) is 0 Å². The molecule has 3 unspecified atom stereocenters. The van der Waals surface area contributed by atoms with E-state index in [9.17, 15) is 0 Å². The molecule has 0 aliphatic heterocycles. The zero-order valence-corrected chi connectivity index (χ0v) is 8.77. The Kier molecular flexibility index (Phi) is 1.97. The molecule has 0 N–H and O–H groups in total. The van der Waals surface area contributed by atoms with E-state index >= 15 is 0 Å². The van der Waals surface area contributed by atoms with Crippen LogP contribution in [0, 0.1) is 23.2 Å². The predicted molar refractivity (Wildman–Crippen MR) is 53.0 cm³/mol. The minimum Gasteiger partial charge on any atom is -0.0649 e. The van der Waals surface area contributed by atoms with Crippen molar-refractivity contribution in [2.45, 2.75) is 52.9 Å². The molecule has 3 atom stereocenters. The van der Waals surface area contributed by atoms with Crippen molar-refractivity contribution in [3.63, 3.8) is 0 Å². The molecule has 0 heteroatoms. The van der Waals surface area contributed by atoms with E-state index < -0.39 is 0 Å². The van der Waals surface area contributed by atoms with Crippen molar-refractivity contribution in [3.05, 3.63) is 0 Å². The third kappa shape index (κ3) is 1.03. The molecular formula is C12H22. The van der Waals surface area contributed by atoms with Crippen molar-refractivity contribution in [1.29, 1.82) is 0 Å². The van der Waals surface area contributed by atoms with Crippen LogP contribution in [-0.2, 0) is 0 Å². The van der Waals surface area contributed by atoms with Gasteiger partial charge in [-0.3, -0.25) is 0 Å². The zero-order valence-electron chi connectivity index (χ0n) is 8.77. The number of fused-ring (bicyclic) bond motifs is 1. The monoisotopic (exact) mass is 166 g/mol. The van der Waals surface area contributed by atoms with Gasteiger partial charge in [0.1, 0.15) is 0 Å². The van der Waals surface area contributed by atoms with Gasteiger partial charge in [-0.1, -0.05) is 33.6 Å². The Balaban J connectivity index is 2.04. The fraction of sp³-hybridized carbons (Fsp3) is 1.00. The fourth-order valence-corrected chi connectivity index (χ4v) is 3.67. The highest BCUT2D eigenvalue weighted by Gasteiger charge is 2.50. The summed E-state index contributed by atoms with van der Waals surface area (Å²) in [5.41, 5.74) is 0.764. The first-order valence-electron chi connectivity index (χ1n) is 5.71.